The number of carbonyl (C=O) groups excluding carboxylic acids is 3. The molecule has 1 atom stereocenters. The van der Waals surface area contributed by atoms with Crippen molar-refractivity contribution in [2.45, 2.75) is 26.7 Å². The largest absolute Gasteiger partial charge is 0.466 e. The number of rotatable bonds is 5. The maximum atomic E-state index is 13.5. The van der Waals surface area contributed by atoms with Gasteiger partial charge in [-0.2, -0.15) is 0 Å². The molecule has 1 aliphatic rings. The summed E-state index contributed by atoms with van der Waals surface area (Å²) in [6.07, 6.45) is 1.40. The second-order valence-electron chi connectivity index (χ2n) is 7.29. The van der Waals surface area contributed by atoms with Crippen molar-refractivity contribution in [2.24, 2.45) is 5.92 Å². The van der Waals surface area contributed by atoms with Crippen LogP contribution in [0.5, 0.6) is 0 Å². The van der Waals surface area contributed by atoms with E-state index in [0.717, 1.165) is 0 Å². The summed E-state index contributed by atoms with van der Waals surface area (Å²) in [5, 5.41) is 0.529. The Hall–Kier alpha value is -2.90. The predicted molar refractivity (Wildman–Crippen MR) is 104 cm³/mol. The smallest absolute Gasteiger partial charge is 0.310 e. The van der Waals surface area contributed by atoms with Crippen LogP contribution in [0.3, 0.4) is 0 Å². The van der Waals surface area contributed by atoms with Crippen LogP contribution in [-0.2, 0) is 14.3 Å². The van der Waals surface area contributed by atoms with Gasteiger partial charge in [0, 0.05) is 31.1 Å². The molecule has 1 unspecified atom stereocenters. The normalized spacial score (nSPS) is 16.7. The molecule has 2 aromatic rings. The Labute approximate surface area is 168 Å². The molecule has 0 spiro atoms. The van der Waals surface area contributed by atoms with Gasteiger partial charge in [-0.25, -0.2) is 4.39 Å². The van der Waals surface area contributed by atoms with E-state index in [1.165, 1.54) is 30.1 Å². The van der Waals surface area contributed by atoms with Gasteiger partial charge in [0.2, 0.25) is 5.91 Å². The number of furan rings is 1. The first-order valence-corrected chi connectivity index (χ1v) is 9.70. The van der Waals surface area contributed by atoms with Crippen molar-refractivity contribution in [1.29, 1.82) is 0 Å². The zero-order chi connectivity index (χ0) is 21.1. The summed E-state index contributed by atoms with van der Waals surface area (Å²) in [6, 6.07) is 4.06. The number of likely N-dealkylation sites (tertiary alicyclic amines) is 1. The van der Waals surface area contributed by atoms with E-state index in [-0.39, 0.29) is 30.1 Å². The van der Waals surface area contributed by atoms with E-state index < -0.39 is 11.7 Å². The highest BCUT2D eigenvalue weighted by atomic mass is 19.1. The molecule has 2 heterocycles. The van der Waals surface area contributed by atoms with Gasteiger partial charge in [-0.1, -0.05) is 0 Å². The molecule has 7 nitrogen and oxygen atoms in total. The maximum absolute atomic E-state index is 13.5. The third kappa shape index (κ3) is 4.41. The highest BCUT2D eigenvalue weighted by Crippen LogP contribution is 2.27. The second kappa shape index (κ2) is 8.63. The number of aryl methyl sites for hydroxylation is 1. The molecule has 0 bridgehead atoms. The first-order chi connectivity index (χ1) is 13.8. The van der Waals surface area contributed by atoms with E-state index >= 15 is 0 Å². The fourth-order valence-corrected chi connectivity index (χ4v) is 3.60. The van der Waals surface area contributed by atoms with Crippen LogP contribution in [0.15, 0.2) is 22.6 Å². The molecule has 1 saturated heterocycles. The lowest BCUT2D eigenvalue weighted by molar-refractivity contribution is -0.151. The summed E-state index contributed by atoms with van der Waals surface area (Å²) in [7, 11) is 1.51. The molecule has 0 aliphatic carbocycles. The third-order valence-corrected chi connectivity index (χ3v) is 5.21. The Morgan fingerprint density at radius 1 is 1.34 bits per heavy atom. The highest BCUT2D eigenvalue weighted by Gasteiger charge is 2.31. The van der Waals surface area contributed by atoms with Crippen LogP contribution in [-0.4, -0.2) is 60.9 Å². The summed E-state index contributed by atoms with van der Waals surface area (Å²) in [4.78, 5) is 40.3. The number of likely N-dealkylation sites (N-methyl/N-ethyl adjacent to an activating group) is 1. The van der Waals surface area contributed by atoms with Crippen LogP contribution in [0.1, 0.15) is 35.9 Å². The highest BCUT2D eigenvalue weighted by molar-refractivity contribution is 6.00. The Bertz CT molecular complexity index is 939. The molecule has 1 aliphatic heterocycles. The zero-order valence-corrected chi connectivity index (χ0v) is 16.9. The van der Waals surface area contributed by atoms with Crippen LogP contribution < -0.4 is 0 Å². The molecule has 156 valence electrons. The number of hydrogen-bond donors (Lipinski definition) is 0. The molecule has 2 amide bonds. The van der Waals surface area contributed by atoms with Gasteiger partial charge in [0.15, 0.2) is 5.76 Å². The minimum Gasteiger partial charge on any atom is -0.466 e. The number of hydrogen-bond acceptors (Lipinski definition) is 5. The summed E-state index contributed by atoms with van der Waals surface area (Å²) < 4.78 is 24.1. The van der Waals surface area contributed by atoms with Gasteiger partial charge in [-0.05, 0) is 44.9 Å². The lowest BCUT2D eigenvalue weighted by atomic mass is 9.98. The fourth-order valence-electron chi connectivity index (χ4n) is 3.60. The number of fused-ring (bicyclic) bond motifs is 1. The van der Waals surface area contributed by atoms with Crippen LogP contribution in [0.25, 0.3) is 11.0 Å². The first kappa shape index (κ1) is 20.8. The first-order valence-electron chi connectivity index (χ1n) is 9.70. The number of halogens is 1. The Morgan fingerprint density at radius 2 is 2.10 bits per heavy atom. The van der Waals surface area contributed by atoms with Gasteiger partial charge in [-0.15, -0.1) is 0 Å². The minimum absolute atomic E-state index is 0.0870. The van der Waals surface area contributed by atoms with Gasteiger partial charge in [0.1, 0.15) is 11.4 Å². The van der Waals surface area contributed by atoms with Gasteiger partial charge in [0.25, 0.3) is 5.91 Å². The molecule has 0 radical (unpaired) electrons. The number of amides is 2. The van der Waals surface area contributed by atoms with Crippen molar-refractivity contribution in [3.05, 3.63) is 35.3 Å². The van der Waals surface area contributed by atoms with Crippen LogP contribution in [0, 0.1) is 18.7 Å². The zero-order valence-electron chi connectivity index (χ0n) is 16.9. The number of carbonyl (C=O) groups is 3. The van der Waals surface area contributed by atoms with Gasteiger partial charge < -0.3 is 19.0 Å². The summed E-state index contributed by atoms with van der Waals surface area (Å²) in [5.74, 6) is -1.64. The lowest BCUT2D eigenvalue weighted by Crippen LogP contribution is -2.47. The SMILES string of the molecule is CCOC(=O)C1CCCN(C(=O)CN(C)C(=O)c2oc3ccc(F)cc3c2C)C1. The van der Waals surface area contributed by atoms with E-state index in [9.17, 15) is 18.8 Å². The van der Waals surface area contributed by atoms with E-state index in [2.05, 4.69) is 0 Å². The van der Waals surface area contributed by atoms with Gasteiger partial charge >= 0.3 is 5.97 Å². The maximum Gasteiger partial charge on any atom is 0.310 e. The van der Waals surface area contributed by atoms with E-state index in [1.807, 2.05) is 0 Å². The fraction of sp³-hybridized carbons (Fsp3) is 0.476. The molecule has 8 heteroatoms. The van der Waals surface area contributed by atoms with Gasteiger partial charge in [-0.3, -0.25) is 14.4 Å². The monoisotopic (exact) mass is 404 g/mol. The molecular weight excluding hydrogens is 379 g/mol. The van der Waals surface area contributed by atoms with Crippen molar-refractivity contribution in [3.8, 4) is 0 Å². The van der Waals surface area contributed by atoms with Crippen molar-refractivity contribution >= 4 is 28.8 Å². The average Bonchev–Trinajstić information content (AvgIpc) is 3.03. The molecule has 1 fully saturated rings. The molecular formula is C21H25FN2O5. The summed E-state index contributed by atoms with van der Waals surface area (Å²) >= 11 is 0. The molecule has 1 aromatic carbocycles. The minimum atomic E-state index is -0.452. The van der Waals surface area contributed by atoms with Crippen LogP contribution in [0.2, 0.25) is 0 Å². The van der Waals surface area contributed by atoms with Crippen molar-refractivity contribution in [1.82, 2.24) is 9.80 Å². The lowest BCUT2D eigenvalue weighted by Gasteiger charge is -2.32. The van der Waals surface area contributed by atoms with Crippen molar-refractivity contribution in [3.63, 3.8) is 0 Å². The summed E-state index contributed by atoms with van der Waals surface area (Å²) in [5.41, 5.74) is 0.949. The topological polar surface area (TPSA) is 80.1 Å². The Balaban J connectivity index is 1.67. The van der Waals surface area contributed by atoms with Gasteiger partial charge in [0.05, 0.1) is 19.1 Å². The molecule has 1 aromatic heterocycles. The van der Waals surface area contributed by atoms with Crippen molar-refractivity contribution in [2.75, 3.05) is 33.3 Å². The molecule has 29 heavy (non-hydrogen) atoms. The third-order valence-electron chi connectivity index (χ3n) is 5.21. The number of nitrogens with zero attached hydrogens (tertiary/aromatic N) is 2. The van der Waals surface area contributed by atoms with Crippen LogP contribution >= 0.6 is 0 Å². The number of esters is 1. The quantitative estimate of drug-likeness (QED) is 0.716. The van der Waals surface area contributed by atoms with E-state index in [1.54, 1.807) is 18.7 Å². The molecule has 0 saturated carbocycles. The second-order valence-corrected chi connectivity index (χ2v) is 7.29. The number of benzene rings is 1. The average molecular weight is 404 g/mol. The molecule has 3 rings (SSSR count). The number of piperidine rings is 1. The predicted octanol–water partition coefficient (Wildman–Crippen LogP) is 2.75. The van der Waals surface area contributed by atoms with E-state index in [4.69, 9.17) is 9.15 Å². The van der Waals surface area contributed by atoms with Crippen molar-refractivity contribution < 1.29 is 27.9 Å². The standard InChI is InChI=1S/C21H25FN2O5/c1-4-28-21(27)14-6-5-9-24(11-14)18(25)12-23(3)20(26)19-13(2)16-10-15(22)7-8-17(16)29-19/h7-8,10,14H,4-6,9,11-12H2,1-3H3. The molecule has 0 N–H and O–H groups in total. The Morgan fingerprint density at radius 3 is 2.83 bits per heavy atom. The van der Waals surface area contributed by atoms with Crippen LogP contribution in [0.4, 0.5) is 4.39 Å². The summed E-state index contributed by atoms with van der Waals surface area (Å²) in [6.45, 7) is 4.43. The number of ether oxygens (including phenoxy) is 1. The Kier molecular flexibility index (Phi) is 6.20. The van der Waals surface area contributed by atoms with E-state index in [0.29, 0.717) is 49.1 Å².